The van der Waals surface area contributed by atoms with Crippen LogP contribution in [0.15, 0.2) is 77.2 Å². The zero-order valence-electron chi connectivity index (χ0n) is 20.5. The predicted molar refractivity (Wildman–Crippen MR) is 150 cm³/mol. The molecule has 0 aliphatic rings. The fraction of sp³-hybridized carbons (Fsp3) is 0.138. The second-order valence-corrected chi connectivity index (χ2v) is 9.80. The molecule has 0 bridgehead atoms. The van der Waals surface area contributed by atoms with E-state index in [9.17, 15) is 4.79 Å². The van der Waals surface area contributed by atoms with Crippen LogP contribution >= 0.6 is 23.2 Å². The van der Waals surface area contributed by atoms with Crippen LogP contribution in [0, 0.1) is 6.92 Å². The zero-order valence-corrected chi connectivity index (χ0v) is 22.0. The van der Waals surface area contributed by atoms with Gasteiger partial charge in [0.15, 0.2) is 0 Å². The maximum atomic E-state index is 12.6. The summed E-state index contributed by atoms with van der Waals surface area (Å²) in [7, 11) is 0. The number of hydrogen-bond acceptors (Lipinski definition) is 4. The Labute approximate surface area is 224 Å². The topological polar surface area (TPSA) is 73.0 Å². The summed E-state index contributed by atoms with van der Waals surface area (Å²) in [6.07, 6.45) is 3.02. The molecule has 0 spiro atoms. The van der Waals surface area contributed by atoms with Crippen LogP contribution < -0.4 is 5.32 Å². The molecule has 0 saturated carbocycles. The average Bonchev–Trinajstić information content (AvgIpc) is 3.52. The summed E-state index contributed by atoms with van der Waals surface area (Å²) in [5.74, 6) is 1.24. The van der Waals surface area contributed by atoms with Crippen molar-refractivity contribution in [1.82, 2.24) is 15.0 Å². The number of amides is 1. The third-order valence-corrected chi connectivity index (χ3v) is 6.84. The minimum absolute atomic E-state index is 0.294. The Morgan fingerprint density at radius 3 is 2.46 bits per heavy atom. The first kappa shape index (κ1) is 24.8. The Morgan fingerprint density at radius 1 is 1.00 bits per heavy atom. The van der Waals surface area contributed by atoms with Crippen molar-refractivity contribution in [2.45, 2.75) is 26.7 Å². The number of anilines is 1. The number of aromatic nitrogens is 3. The fourth-order valence-corrected chi connectivity index (χ4v) is 4.32. The van der Waals surface area contributed by atoms with Gasteiger partial charge in [0, 0.05) is 17.3 Å². The summed E-state index contributed by atoms with van der Waals surface area (Å²) in [5, 5.41) is 13.0. The molecule has 1 amide bonds. The van der Waals surface area contributed by atoms with E-state index in [1.807, 2.05) is 37.3 Å². The van der Waals surface area contributed by atoms with Gasteiger partial charge in [0.05, 0.1) is 15.7 Å². The number of rotatable bonds is 6. The lowest BCUT2D eigenvalue weighted by Gasteiger charge is -2.05. The molecule has 2 aromatic heterocycles. The highest BCUT2D eigenvalue weighted by Gasteiger charge is 2.12. The number of carbonyl (C=O) groups excluding carboxylic acids is 1. The normalized spacial score (nSPS) is 11.6. The van der Waals surface area contributed by atoms with Crippen molar-refractivity contribution in [3.63, 3.8) is 0 Å². The van der Waals surface area contributed by atoms with Crippen LogP contribution in [0.5, 0.6) is 0 Å². The first-order chi connectivity index (χ1) is 17.8. The molecule has 5 aromatic rings. The van der Waals surface area contributed by atoms with Crippen molar-refractivity contribution in [2.24, 2.45) is 0 Å². The highest BCUT2D eigenvalue weighted by molar-refractivity contribution is 6.43. The molecular weight excluding hydrogens is 507 g/mol. The van der Waals surface area contributed by atoms with Gasteiger partial charge in [-0.3, -0.25) is 4.79 Å². The molecule has 5 rings (SSSR count). The number of halogens is 2. The van der Waals surface area contributed by atoms with Crippen molar-refractivity contribution in [3.8, 4) is 17.0 Å². The third kappa shape index (κ3) is 5.31. The number of nitrogens with zero attached hydrogens (tertiary/aromatic N) is 3. The summed E-state index contributed by atoms with van der Waals surface area (Å²) in [4.78, 5) is 14.3. The zero-order chi connectivity index (χ0) is 26.1. The summed E-state index contributed by atoms with van der Waals surface area (Å²) >= 11 is 12.4. The van der Waals surface area contributed by atoms with Gasteiger partial charge >= 0.3 is 0 Å². The SMILES string of the molecule is Cc1cc2nn(-c3ccc(C(C)C)cc3)nc2cc1NC(=O)C=Cc1ccc(-c2cccc(Cl)c2Cl)o1. The second-order valence-electron chi connectivity index (χ2n) is 9.02. The number of carbonyl (C=O) groups is 1. The quantitative estimate of drug-likeness (QED) is 0.225. The van der Waals surface area contributed by atoms with E-state index in [0.717, 1.165) is 16.8 Å². The molecule has 0 unspecified atom stereocenters. The van der Waals surface area contributed by atoms with Gasteiger partial charge in [-0.15, -0.1) is 10.2 Å². The molecule has 37 heavy (non-hydrogen) atoms. The summed E-state index contributed by atoms with van der Waals surface area (Å²) in [6, 6.07) is 20.8. The molecule has 3 aromatic carbocycles. The van der Waals surface area contributed by atoms with E-state index in [1.165, 1.54) is 11.6 Å². The molecule has 1 N–H and O–H groups in total. The molecule has 0 atom stereocenters. The maximum absolute atomic E-state index is 12.6. The Bertz CT molecular complexity index is 1630. The Hall–Kier alpha value is -3.87. The van der Waals surface area contributed by atoms with Gasteiger partial charge in [0.25, 0.3) is 0 Å². The van der Waals surface area contributed by atoms with E-state index in [0.29, 0.717) is 44.3 Å². The molecule has 0 radical (unpaired) electrons. The minimum Gasteiger partial charge on any atom is -0.457 e. The molecule has 0 fully saturated rings. The van der Waals surface area contributed by atoms with Crippen LogP contribution in [0.4, 0.5) is 5.69 Å². The van der Waals surface area contributed by atoms with Crippen molar-refractivity contribution in [2.75, 3.05) is 5.32 Å². The number of aryl methyl sites for hydroxylation is 1. The largest absolute Gasteiger partial charge is 0.457 e. The first-order valence-electron chi connectivity index (χ1n) is 11.8. The van der Waals surface area contributed by atoms with E-state index in [4.69, 9.17) is 27.6 Å². The Kier molecular flexibility index (Phi) is 6.87. The highest BCUT2D eigenvalue weighted by Crippen LogP contribution is 2.34. The lowest BCUT2D eigenvalue weighted by molar-refractivity contribution is -0.111. The maximum Gasteiger partial charge on any atom is 0.248 e. The second kappa shape index (κ2) is 10.2. The highest BCUT2D eigenvalue weighted by atomic mass is 35.5. The molecule has 8 heteroatoms. The van der Waals surface area contributed by atoms with Gasteiger partial charge in [0.2, 0.25) is 5.91 Å². The lowest BCUT2D eigenvalue weighted by atomic mass is 10.0. The summed E-state index contributed by atoms with van der Waals surface area (Å²) < 4.78 is 5.82. The van der Waals surface area contributed by atoms with Crippen LogP contribution in [0.1, 0.15) is 36.7 Å². The van der Waals surface area contributed by atoms with Crippen LogP contribution in [-0.2, 0) is 4.79 Å². The minimum atomic E-state index is -0.294. The molecule has 186 valence electrons. The monoisotopic (exact) mass is 530 g/mol. The molecule has 0 saturated heterocycles. The van der Waals surface area contributed by atoms with Gasteiger partial charge in [-0.25, -0.2) is 0 Å². The number of furan rings is 1. The van der Waals surface area contributed by atoms with Gasteiger partial charge in [-0.2, -0.15) is 4.80 Å². The molecular formula is C29H24Cl2N4O2. The smallest absolute Gasteiger partial charge is 0.248 e. The number of fused-ring (bicyclic) bond motifs is 1. The van der Waals surface area contributed by atoms with Gasteiger partial charge < -0.3 is 9.73 Å². The van der Waals surface area contributed by atoms with E-state index >= 15 is 0 Å². The molecule has 2 heterocycles. The van der Waals surface area contributed by atoms with Crippen molar-refractivity contribution in [3.05, 3.63) is 99.7 Å². The average molecular weight is 531 g/mol. The van der Waals surface area contributed by atoms with E-state index in [2.05, 4.69) is 41.5 Å². The third-order valence-electron chi connectivity index (χ3n) is 6.02. The molecule has 0 aliphatic carbocycles. The van der Waals surface area contributed by atoms with E-state index in [1.54, 1.807) is 35.1 Å². The fourth-order valence-electron chi connectivity index (χ4n) is 3.92. The van der Waals surface area contributed by atoms with Crippen LogP contribution in [-0.4, -0.2) is 20.9 Å². The standard InChI is InChI=1S/C29H24Cl2N4O2/c1-17(2)19-7-9-20(10-8-19)35-33-25-15-18(3)24(16-26(25)34-35)32-28(36)14-12-21-11-13-27(37-21)22-5-4-6-23(30)29(22)31/h4-17H,1-3H3,(H,32,36). The first-order valence-corrected chi connectivity index (χ1v) is 12.6. The van der Waals surface area contributed by atoms with Crippen molar-refractivity contribution in [1.29, 1.82) is 0 Å². The Balaban J connectivity index is 1.31. The Morgan fingerprint density at radius 2 is 1.73 bits per heavy atom. The molecule has 6 nitrogen and oxygen atoms in total. The number of nitrogens with one attached hydrogen (secondary N) is 1. The van der Waals surface area contributed by atoms with Crippen molar-refractivity contribution < 1.29 is 9.21 Å². The van der Waals surface area contributed by atoms with E-state index in [-0.39, 0.29) is 5.91 Å². The van der Waals surface area contributed by atoms with Gasteiger partial charge in [0.1, 0.15) is 22.6 Å². The van der Waals surface area contributed by atoms with Gasteiger partial charge in [-0.1, -0.05) is 55.2 Å². The number of hydrogen-bond donors (Lipinski definition) is 1. The van der Waals surface area contributed by atoms with Crippen molar-refractivity contribution >= 4 is 51.9 Å². The predicted octanol–water partition coefficient (Wildman–Crippen LogP) is 8.07. The van der Waals surface area contributed by atoms with Crippen LogP contribution in [0.3, 0.4) is 0 Å². The van der Waals surface area contributed by atoms with E-state index < -0.39 is 0 Å². The van der Waals surface area contributed by atoms with Crippen LogP contribution in [0.2, 0.25) is 10.0 Å². The summed E-state index contributed by atoms with van der Waals surface area (Å²) in [5.41, 5.74) is 5.80. The summed E-state index contributed by atoms with van der Waals surface area (Å²) in [6.45, 7) is 6.24. The number of benzene rings is 3. The lowest BCUT2D eigenvalue weighted by Crippen LogP contribution is -2.08. The van der Waals surface area contributed by atoms with Gasteiger partial charge in [-0.05, 0) is 78.6 Å². The van der Waals surface area contributed by atoms with Crippen LogP contribution in [0.25, 0.3) is 34.1 Å². The molecule has 0 aliphatic heterocycles.